The molecular weight excluding hydrogens is 514 g/mol. The molecule has 0 spiro atoms. The van der Waals surface area contributed by atoms with Crippen LogP contribution < -0.4 is 14.8 Å². The molecule has 4 N–H and O–H groups in total. The number of carbonyl (C=O) groups is 1. The van der Waals surface area contributed by atoms with Gasteiger partial charge in [0.2, 0.25) is 0 Å². The van der Waals surface area contributed by atoms with Gasteiger partial charge in [0.25, 0.3) is 0 Å². The van der Waals surface area contributed by atoms with Crippen LogP contribution in [0.3, 0.4) is 0 Å². The summed E-state index contributed by atoms with van der Waals surface area (Å²) in [6.07, 6.45) is 2.84. The van der Waals surface area contributed by atoms with Crippen LogP contribution in [0.4, 0.5) is 5.69 Å². The minimum atomic E-state index is -2.42. The first-order chi connectivity index (χ1) is 18.8. The third-order valence-corrected chi connectivity index (χ3v) is 9.89. The van der Waals surface area contributed by atoms with Crippen molar-refractivity contribution in [2.45, 2.75) is 51.2 Å². The minimum absolute atomic E-state index is 0.00584. The summed E-state index contributed by atoms with van der Waals surface area (Å²) >= 11 is 0. The summed E-state index contributed by atoms with van der Waals surface area (Å²) in [6, 6.07) is 18.6. The number of hydrogen-bond acceptors (Lipinski definition) is 6. The van der Waals surface area contributed by atoms with Gasteiger partial charge in [-0.05, 0) is 83.5 Å². The smallest absolute Gasteiger partial charge is 0.307 e. The number of nitrogens with one attached hydrogen (secondary N) is 1. The molecule has 39 heavy (non-hydrogen) atoms. The van der Waals surface area contributed by atoms with Crippen molar-refractivity contribution in [1.82, 2.24) is 0 Å². The number of benzene rings is 3. The number of ether oxygens (including phenoxy) is 2. The van der Waals surface area contributed by atoms with Crippen LogP contribution in [0, 0.1) is 12.8 Å². The van der Waals surface area contributed by atoms with Crippen LogP contribution in [0.2, 0.25) is 0 Å². The molecule has 2 aliphatic heterocycles. The van der Waals surface area contributed by atoms with Crippen molar-refractivity contribution in [2.24, 2.45) is 5.92 Å². The number of aliphatic carboxylic acids is 1. The van der Waals surface area contributed by atoms with E-state index in [1.165, 1.54) is 11.1 Å². The van der Waals surface area contributed by atoms with Gasteiger partial charge in [-0.1, -0.05) is 18.2 Å². The molecule has 0 bridgehead atoms. The summed E-state index contributed by atoms with van der Waals surface area (Å²) in [5, 5.41) is 12.7. The topological polar surface area (TPSA) is 108 Å². The summed E-state index contributed by atoms with van der Waals surface area (Å²) in [6.45, 7) is 3.37. The number of carboxylic acid groups (broad SMARTS) is 1. The van der Waals surface area contributed by atoms with E-state index in [1.54, 1.807) is 0 Å². The second kappa shape index (κ2) is 10.4. The number of hydrogen-bond donors (Lipinski definition) is 4. The van der Waals surface area contributed by atoms with Crippen molar-refractivity contribution in [3.05, 3.63) is 76.9 Å². The highest BCUT2D eigenvalue weighted by molar-refractivity contribution is 8.24. The second-order valence-electron chi connectivity index (χ2n) is 11.0. The van der Waals surface area contributed by atoms with Gasteiger partial charge in [0.05, 0.1) is 12.5 Å². The molecule has 2 atom stereocenters. The average Bonchev–Trinajstić information content (AvgIpc) is 3.73. The molecule has 3 aromatic carbocycles. The Labute approximate surface area is 230 Å². The van der Waals surface area contributed by atoms with E-state index in [4.69, 9.17) is 9.47 Å². The molecule has 1 aliphatic carbocycles. The van der Waals surface area contributed by atoms with Gasteiger partial charge in [0, 0.05) is 48.6 Å². The Balaban J connectivity index is 1.17. The highest BCUT2D eigenvalue weighted by atomic mass is 32.3. The first-order valence-corrected chi connectivity index (χ1v) is 15.5. The number of aryl methyl sites for hydroxylation is 1. The standard InChI is InChI=1S/C31H35NO6S/c1-19-14-25(38-24-9-12-39(35,36)13-10-24)16-22-8-11-37-29-7-2-20(15-28(29)30(19)22)18-32-23-5-3-21(4-6-23)26-17-27(26)31(33)34/h2-7,14-16,24,26-27,32,35-36H,8-13,17-18H2,1H3,(H,33,34). The molecule has 2 fully saturated rings. The predicted molar refractivity (Wildman–Crippen MR) is 154 cm³/mol. The van der Waals surface area contributed by atoms with Crippen molar-refractivity contribution in [2.75, 3.05) is 23.4 Å². The lowest BCUT2D eigenvalue weighted by Crippen LogP contribution is -2.28. The van der Waals surface area contributed by atoms with E-state index < -0.39 is 16.6 Å². The summed E-state index contributed by atoms with van der Waals surface area (Å²) in [5.41, 5.74) is 7.84. The molecule has 2 unspecified atom stereocenters. The van der Waals surface area contributed by atoms with Gasteiger partial charge in [0.1, 0.15) is 17.6 Å². The van der Waals surface area contributed by atoms with Crippen LogP contribution in [-0.4, -0.2) is 44.4 Å². The molecule has 6 rings (SSSR count). The highest BCUT2D eigenvalue weighted by Gasteiger charge is 2.44. The lowest BCUT2D eigenvalue weighted by Gasteiger charge is -2.39. The summed E-state index contributed by atoms with van der Waals surface area (Å²) in [4.78, 5) is 11.2. The molecule has 3 aromatic rings. The van der Waals surface area contributed by atoms with E-state index in [1.807, 2.05) is 30.3 Å². The Morgan fingerprint density at radius 3 is 2.56 bits per heavy atom. The van der Waals surface area contributed by atoms with E-state index in [9.17, 15) is 19.0 Å². The van der Waals surface area contributed by atoms with Gasteiger partial charge >= 0.3 is 5.97 Å². The van der Waals surface area contributed by atoms with Gasteiger partial charge in [-0.25, -0.2) is 0 Å². The molecule has 1 saturated heterocycles. The third-order valence-electron chi connectivity index (χ3n) is 8.11. The van der Waals surface area contributed by atoms with Crippen LogP contribution in [0.5, 0.6) is 11.5 Å². The van der Waals surface area contributed by atoms with Crippen LogP contribution in [0.1, 0.15) is 47.4 Å². The van der Waals surface area contributed by atoms with Crippen LogP contribution >= 0.6 is 10.6 Å². The minimum Gasteiger partial charge on any atom is -0.493 e. The Kier molecular flexibility index (Phi) is 6.95. The molecule has 206 valence electrons. The van der Waals surface area contributed by atoms with E-state index in [-0.39, 0.29) is 17.9 Å². The maximum absolute atomic E-state index is 11.2. The first-order valence-electron chi connectivity index (χ1n) is 13.6. The largest absolute Gasteiger partial charge is 0.493 e. The molecular formula is C31H35NO6S. The number of anilines is 1. The maximum atomic E-state index is 11.2. The van der Waals surface area contributed by atoms with Gasteiger partial charge < -0.3 is 19.9 Å². The predicted octanol–water partition coefficient (Wildman–Crippen LogP) is 6.69. The normalized spacial score (nSPS) is 22.4. The molecule has 8 heteroatoms. The Morgan fingerprint density at radius 2 is 1.85 bits per heavy atom. The SMILES string of the molecule is Cc1cc(OC2CCS(O)(O)CC2)cc2c1-c1cc(CNc3ccc(C4CC4C(=O)O)cc3)ccc1OCC2. The molecule has 7 nitrogen and oxygen atoms in total. The van der Waals surface area contributed by atoms with Gasteiger partial charge in [-0.3, -0.25) is 13.9 Å². The summed E-state index contributed by atoms with van der Waals surface area (Å²) in [5.74, 6) is 1.73. The highest BCUT2D eigenvalue weighted by Crippen LogP contribution is 2.48. The first kappa shape index (κ1) is 26.0. The van der Waals surface area contributed by atoms with Crippen molar-refractivity contribution in [3.63, 3.8) is 0 Å². The zero-order valence-electron chi connectivity index (χ0n) is 22.1. The van der Waals surface area contributed by atoms with Gasteiger partial charge in [-0.15, -0.1) is 0 Å². The van der Waals surface area contributed by atoms with Crippen LogP contribution in [-0.2, 0) is 17.8 Å². The maximum Gasteiger partial charge on any atom is 0.307 e. The van der Waals surface area contributed by atoms with E-state index in [2.05, 4.69) is 36.5 Å². The van der Waals surface area contributed by atoms with Crippen molar-refractivity contribution < 1.29 is 28.5 Å². The number of fused-ring (bicyclic) bond motifs is 3. The zero-order chi connectivity index (χ0) is 27.1. The quantitative estimate of drug-likeness (QED) is 0.260. The fraction of sp³-hybridized carbons (Fsp3) is 0.387. The molecule has 3 aliphatic rings. The molecule has 2 heterocycles. The van der Waals surface area contributed by atoms with Crippen molar-refractivity contribution in [1.29, 1.82) is 0 Å². The van der Waals surface area contributed by atoms with Gasteiger partial charge in [-0.2, -0.15) is 10.6 Å². The van der Waals surface area contributed by atoms with E-state index in [0.29, 0.717) is 37.5 Å². The van der Waals surface area contributed by atoms with Crippen molar-refractivity contribution >= 4 is 22.2 Å². The Morgan fingerprint density at radius 1 is 1.08 bits per heavy atom. The number of carboxylic acids is 1. The monoisotopic (exact) mass is 549 g/mol. The fourth-order valence-corrected chi connectivity index (χ4v) is 7.32. The van der Waals surface area contributed by atoms with Crippen LogP contribution in [0.15, 0.2) is 54.6 Å². The van der Waals surface area contributed by atoms with Crippen molar-refractivity contribution in [3.8, 4) is 22.6 Å². The van der Waals surface area contributed by atoms with E-state index >= 15 is 0 Å². The molecule has 0 amide bonds. The summed E-state index contributed by atoms with van der Waals surface area (Å²) < 4.78 is 32.2. The Hall–Kier alpha value is -3.20. The number of rotatable bonds is 7. The summed E-state index contributed by atoms with van der Waals surface area (Å²) in [7, 11) is -2.42. The average molecular weight is 550 g/mol. The van der Waals surface area contributed by atoms with Gasteiger partial charge in [0.15, 0.2) is 0 Å². The zero-order valence-corrected chi connectivity index (χ0v) is 22.9. The fourth-order valence-electron chi connectivity index (χ4n) is 5.84. The molecule has 1 saturated carbocycles. The third kappa shape index (κ3) is 5.73. The molecule has 0 aromatic heterocycles. The van der Waals surface area contributed by atoms with Crippen LogP contribution in [0.25, 0.3) is 11.1 Å². The Bertz CT molecular complexity index is 1380. The van der Waals surface area contributed by atoms with E-state index in [0.717, 1.165) is 52.3 Å². The lowest BCUT2D eigenvalue weighted by atomic mass is 9.92. The lowest BCUT2D eigenvalue weighted by molar-refractivity contribution is -0.138. The second-order valence-corrected chi connectivity index (χ2v) is 13.4. The molecule has 0 radical (unpaired) electrons.